The Morgan fingerprint density at radius 1 is 1.00 bits per heavy atom. The Labute approximate surface area is 116 Å². The third-order valence-electron chi connectivity index (χ3n) is 3.11. The first-order valence-electron chi connectivity index (χ1n) is 5.88. The Morgan fingerprint density at radius 2 is 1.56 bits per heavy atom. The Hall–Kier alpha value is -1.38. The lowest BCUT2D eigenvalue weighted by Crippen LogP contribution is -2.37. The molecule has 0 amide bonds. The van der Waals surface area contributed by atoms with Gasteiger partial charge in [0, 0.05) is 4.47 Å². The fraction of sp³-hybridized carbons (Fsp3) is 0.125. The van der Waals surface area contributed by atoms with Crippen molar-refractivity contribution in [2.24, 2.45) is 5.73 Å². The van der Waals surface area contributed by atoms with Crippen LogP contribution in [0.25, 0.3) is 0 Å². The molecule has 2 heteroatoms. The van der Waals surface area contributed by atoms with Gasteiger partial charge in [-0.25, -0.2) is 0 Å². The molecule has 0 saturated heterocycles. The summed E-state index contributed by atoms with van der Waals surface area (Å²) in [6, 6.07) is 18.3. The van der Waals surface area contributed by atoms with Gasteiger partial charge in [0.2, 0.25) is 0 Å². The van der Waals surface area contributed by atoms with Crippen molar-refractivity contribution in [3.63, 3.8) is 0 Å². The standard InChI is InChI=1S/C16H16BrN/c1-2-12-16(18,13-6-4-3-5-7-13)14-8-10-15(17)11-9-14/h2-11H,1,12,18H2. The van der Waals surface area contributed by atoms with Crippen molar-refractivity contribution in [1.29, 1.82) is 0 Å². The summed E-state index contributed by atoms with van der Waals surface area (Å²) in [6.45, 7) is 3.82. The van der Waals surface area contributed by atoms with Crippen molar-refractivity contribution in [2.45, 2.75) is 12.0 Å². The molecule has 2 N–H and O–H groups in total. The highest BCUT2D eigenvalue weighted by atomic mass is 79.9. The van der Waals surface area contributed by atoms with Crippen LogP contribution >= 0.6 is 15.9 Å². The lowest BCUT2D eigenvalue weighted by atomic mass is 9.81. The minimum Gasteiger partial charge on any atom is -0.317 e. The van der Waals surface area contributed by atoms with Gasteiger partial charge in [-0.15, -0.1) is 6.58 Å². The summed E-state index contributed by atoms with van der Waals surface area (Å²) in [5, 5.41) is 0. The molecule has 18 heavy (non-hydrogen) atoms. The highest BCUT2D eigenvalue weighted by molar-refractivity contribution is 9.10. The molecule has 0 aliphatic rings. The molecule has 0 aromatic heterocycles. The van der Waals surface area contributed by atoms with Gasteiger partial charge >= 0.3 is 0 Å². The van der Waals surface area contributed by atoms with Gasteiger partial charge in [-0.05, 0) is 29.7 Å². The van der Waals surface area contributed by atoms with Crippen LogP contribution in [0.5, 0.6) is 0 Å². The first-order chi connectivity index (χ1) is 8.66. The summed E-state index contributed by atoms with van der Waals surface area (Å²) in [5.74, 6) is 0. The van der Waals surface area contributed by atoms with Crippen LogP contribution in [0.2, 0.25) is 0 Å². The maximum atomic E-state index is 6.61. The van der Waals surface area contributed by atoms with Gasteiger partial charge in [0.25, 0.3) is 0 Å². The van der Waals surface area contributed by atoms with E-state index in [-0.39, 0.29) is 0 Å². The van der Waals surface area contributed by atoms with E-state index in [9.17, 15) is 0 Å². The van der Waals surface area contributed by atoms with Gasteiger partial charge in [-0.1, -0.05) is 64.5 Å². The molecule has 2 aromatic rings. The minimum atomic E-state index is -0.510. The van der Waals surface area contributed by atoms with Crippen LogP contribution in [0.4, 0.5) is 0 Å². The molecule has 0 bridgehead atoms. The third kappa shape index (κ3) is 2.55. The van der Waals surface area contributed by atoms with Gasteiger partial charge in [0.05, 0.1) is 5.54 Å². The fourth-order valence-electron chi connectivity index (χ4n) is 2.11. The summed E-state index contributed by atoms with van der Waals surface area (Å²) in [5.41, 5.74) is 8.30. The van der Waals surface area contributed by atoms with E-state index >= 15 is 0 Å². The van der Waals surface area contributed by atoms with E-state index in [1.54, 1.807) is 0 Å². The molecule has 0 aliphatic heterocycles. The van der Waals surface area contributed by atoms with E-state index in [0.29, 0.717) is 6.42 Å². The monoisotopic (exact) mass is 301 g/mol. The molecule has 1 atom stereocenters. The highest BCUT2D eigenvalue weighted by Gasteiger charge is 2.27. The van der Waals surface area contributed by atoms with E-state index in [1.165, 1.54) is 0 Å². The van der Waals surface area contributed by atoms with Gasteiger partial charge in [0.15, 0.2) is 0 Å². The molecule has 0 heterocycles. The quantitative estimate of drug-likeness (QED) is 0.840. The summed E-state index contributed by atoms with van der Waals surface area (Å²) in [6.07, 6.45) is 2.58. The number of hydrogen-bond acceptors (Lipinski definition) is 1. The molecule has 0 fully saturated rings. The van der Waals surface area contributed by atoms with Crippen LogP contribution in [-0.4, -0.2) is 0 Å². The van der Waals surface area contributed by atoms with Gasteiger partial charge in [-0.2, -0.15) is 0 Å². The van der Waals surface area contributed by atoms with Crippen LogP contribution in [0.15, 0.2) is 71.7 Å². The molecule has 0 aliphatic carbocycles. The average molecular weight is 302 g/mol. The Balaban J connectivity index is 2.50. The smallest absolute Gasteiger partial charge is 0.0700 e. The molecule has 0 radical (unpaired) electrons. The number of benzene rings is 2. The van der Waals surface area contributed by atoms with Crippen molar-refractivity contribution < 1.29 is 0 Å². The second kappa shape index (κ2) is 5.51. The second-order valence-corrected chi connectivity index (χ2v) is 5.25. The number of halogens is 1. The largest absolute Gasteiger partial charge is 0.317 e. The van der Waals surface area contributed by atoms with Crippen LogP contribution in [-0.2, 0) is 5.54 Å². The topological polar surface area (TPSA) is 26.0 Å². The SMILES string of the molecule is C=CCC(N)(c1ccccc1)c1ccc(Br)cc1. The predicted octanol–water partition coefficient (Wildman–Crippen LogP) is 4.23. The van der Waals surface area contributed by atoms with Crippen LogP contribution in [0.3, 0.4) is 0 Å². The van der Waals surface area contributed by atoms with Crippen molar-refractivity contribution in [3.8, 4) is 0 Å². The summed E-state index contributed by atoms with van der Waals surface area (Å²) < 4.78 is 1.06. The van der Waals surface area contributed by atoms with Gasteiger partial charge in [0.1, 0.15) is 0 Å². The summed E-state index contributed by atoms with van der Waals surface area (Å²) in [4.78, 5) is 0. The van der Waals surface area contributed by atoms with E-state index in [0.717, 1.165) is 15.6 Å². The molecular weight excluding hydrogens is 286 g/mol. The first-order valence-corrected chi connectivity index (χ1v) is 6.67. The van der Waals surface area contributed by atoms with Crippen molar-refractivity contribution in [3.05, 3.63) is 82.9 Å². The van der Waals surface area contributed by atoms with E-state index in [2.05, 4.69) is 46.8 Å². The summed E-state index contributed by atoms with van der Waals surface area (Å²) in [7, 11) is 0. The van der Waals surface area contributed by atoms with Crippen LogP contribution < -0.4 is 5.73 Å². The van der Waals surface area contributed by atoms with Gasteiger partial charge < -0.3 is 5.73 Å². The Kier molecular flexibility index (Phi) is 4.00. The third-order valence-corrected chi connectivity index (χ3v) is 3.64. The zero-order valence-electron chi connectivity index (χ0n) is 10.1. The Morgan fingerprint density at radius 3 is 2.11 bits per heavy atom. The second-order valence-electron chi connectivity index (χ2n) is 4.34. The first kappa shape index (κ1) is 13.1. The molecule has 2 aromatic carbocycles. The van der Waals surface area contributed by atoms with E-state index in [1.807, 2.05) is 36.4 Å². The van der Waals surface area contributed by atoms with Crippen molar-refractivity contribution in [2.75, 3.05) is 0 Å². The van der Waals surface area contributed by atoms with Gasteiger partial charge in [-0.3, -0.25) is 0 Å². The Bertz CT molecular complexity index is 519. The van der Waals surface area contributed by atoms with E-state index in [4.69, 9.17) is 5.73 Å². The fourth-order valence-corrected chi connectivity index (χ4v) is 2.38. The van der Waals surface area contributed by atoms with Crippen molar-refractivity contribution in [1.82, 2.24) is 0 Å². The molecule has 0 saturated carbocycles. The van der Waals surface area contributed by atoms with Crippen LogP contribution in [0, 0.1) is 0 Å². The lowest BCUT2D eigenvalue weighted by Gasteiger charge is -2.29. The minimum absolute atomic E-state index is 0.510. The molecular formula is C16H16BrN. The molecule has 1 nitrogen and oxygen atoms in total. The normalized spacial score (nSPS) is 13.9. The zero-order valence-corrected chi connectivity index (χ0v) is 11.7. The molecule has 0 spiro atoms. The highest BCUT2D eigenvalue weighted by Crippen LogP contribution is 2.31. The molecule has 92 valence electrons. The average Bonchev–Trinajstić information content (AvgIpc) is 2.40. The molecule has 2 rings (SSSR count). The molecule has 1 unspecified atom stereocenters. The summed E-state index contributed by atoms with van der Waals surface area (Å²) >= 11 is 3.45. The zero-order chi connectivity index (χ0) is 13.0. The lowest BCUT2D eigenvalue weighted by molar-refractivity contribution is 0.547. The van der Waals surface area contributed by atoms with Crippen LogP contribution in [0.1, 0.15) is 17.5 Å². The predicted molar refractivity (Wildman–Crippen MR) is 80.4 cm³/mol. The number of rotatable bonds is 4. The number of nitrogens with two attached hydrogens (primary N) is 1. The maximum Gasteiger partial charge on any atom is 0.0700 e. The van der Waals surface area contributed by atoms with Crippen molar-refractivity contribution >= 4 is 15.9 Å². The number of hydrogen-bond donors (Lipinski definition) is 1. The maximum absolute atomic E-state index is 6.61. The van der Waals surface area contributed by atoms with E-state index < -0.39 is 5.54 Å².